The van der Waals surface area contributed by atoms with Crippen molar-refractivity contribution < 1.29 is 4.79 Å². The van der Waals surface area contributed by atoms with Crippen molar-refractivity contribution in [3.05, 3.63) is 30.4 Å². The second-order valence-electron chi connectivity index (χ2n) is 3.97. The van der Waals surface area contributed by atoms with E-state index >= 15 is 0 Å². The molecule has 0 radical (unpaired) electrons. The largest absolute Gasteiger partial charge is 0.366 e. The zero-order valence-electron chi connectivity index (χ0n) is 10.3. The summed E-state index contributed by atoms with van der Waals surface area (Å²) in [6.45, 7) is 3.60. The van der Waals surface area contributed by atoms with Crippen molar-refractivity contribution in [2.24, 2.45) is 0 Å². The van der Waals surface area contributed by atoms with Gasteiger partial charge in [0.25, 0.3) is 0 Å². The molecule has 0 aliphatic carbocycles. The van der Waals surface area contributed by atoms with Gasteiger partial charge >= 0.3 is 0 Å². The lowest BCUT2D eigenvalue weighted by Crippen LogP contribution is -2.12. The fourth-order valence-corrected chi connectivity index (χ4v) is 1.49. The van der Waals surface area contributed by atoms with Crippen LogP contribution in [0.2, 0.25) is 0 Å². The lowest BCUT2D eigenvalue weighted by atomic mass is 10.4. The number of aryl methyl sites for hydroxylation is 1. The quantitative estimate of drug-likeness (QED) is 0.749. The van der Waals surface area contributed by atoms with Gasteiger partial charge in [-0.3, -0.25) is 4.79 Å². The van der Waals surface area contributed by atoms with Gasteiger partial charge in [0.1, 0.15) is 23.2 Å². The Morgan fingerprint density at radius 3 is 2.83 bits per heavy atom. The molecule has 6 heteroatoms. The van der Waals surface area contributed by atoms with E-state index < -0.39 is 0 Å². The first-order valence-electron chi connectivity index (χ1n) is 5.62. The number of hydrogen-bond donors (Lipinski definition) is 3. The first kappa shape index (κ1) is 12.1. The van der Waals surface area contributed by atoms with Gasteiger partial charge in [-0.1, -0.05) is 0 Å². The standard InChI is InChI=1S/C12H15N5O/c1-8(18)6-14-11-5-12(16-9(2)15-11)17-10-3-4-13-7-10/h3-5,7,13H,6H2,1-2H3,(H2,14,15,16,17). The SMILES string of the molecule is CC(=O)CNc1cc(Nc2cc[nH]c2)nc(C)n1. The van der Waals surface area contributed by atoms with Crippen LogP contribution in [0.5, 0.6) is 0 Å². The molecule has 0 bridgehead atoms. The number of H-pyrrole nitrogens is 1. The second kappa shape index (κ2) is 5.31. The van der Waals surface area contributed by atoms with Crippen LogP contribution in [0.1, 0.15) is 12.7 Å². The summed E-state index contributed by atoms with van der Waals surface area (Å²) in [6.07, 6.45) is 3.66. The summed E-state index contributed by atoms with van der Waals surface area (Å²) in [4.78, 5) is 22.4. The normalized spacial score (nSPS) is 10.1. The molecule has 2 heterocycles. The lowest BCUT2D eigenvalue weighted by molar-refractivity contribution is -0.115. The fraction of sp³-hybridized carbons (Fsp3) is 0.250. The second-order valence-corrected chi connectivity index (χ2v) is 3.97. The molecule has 0 atom stereocenters. The Balaban J connectivity index is 2.13. The van der Waals surface area contributed by atoms with E-state index in [0.29, 0.717) is 17.5 Å². The third-order valence-corrected chi connectivity index (χ3v) is 2.23. The van der Waals surface area contributed by atoms with Gasteiger partial charge in [0.05, 0.1) is 12.2 Å². The Bertz CT molecular complexity index is 535. The molecule has 0 amide bonds. The van der Waals surface area contributed by atoms with Gasteiger partial charge in [-0.25, -0.2) is 9.97 Å². The number of aromatic amines is 1. The minimum atomic E-state index is 0.0615. The molecule has 0 fully saturated rings. The summed E-state index contributed by atoms with van der Waals surface area (Å²) in [7, 11) is 0. The van der Waals surface area contributed by atoms with Gasteiger partial charge in [0.2, 0.25) is 0 Å². The minimum Gasteiger partial charge on any atom is -0.366 e. The minimum absolute atomic E-state index is 0.0615. The van der Waals surface area contributed by atoms with Crippen molar-refractivity contribution in [2.75, 3.05) is 17.2 Å². The summed E-state index contributed by atoms with van der Waals surface area (Å²) in [5.74, 6) is 2.02. The van der Waals surface area contributed by atoms with E-state index in [1.54, 1.807) is 13.0 Å². The molecule has 6 nitrogen and oxygen atoms in total. The smallest absolute Gasteiger partial charge is 0.148 e. The molecule has 0 spiro atoms. The van der Waals surface area contributed by atoms with Crippen LogP contribution in [0.4, 0.5) is 17.3 Å². The van der Waals surface area contributed by atoms with Crippen LogP contribution in [0, 0.1) is 6.92 Å². The highest BCUT2D eigenvalue weighted by atomic mass is 16.1. The third kappa shape index (κ3) is 3.31. The summed E-state index contributed by atoms with van der Waals surface area (Å²) in [6, 6.07) is 3.67. The van der Waals surface area contributed by atoms with Crippen LogP contribution in [0.3, 0.4) is 0 Å². The van der Waals surface area contributed by atoms with Crippen molar-refractivity contribution in [1.82, 2.24) is 15.0 Å². The van der Waals surface area contributed by atoms with E-state index in [1.165, 1.54) is 6.92 Å². The van der Waals surface area contributed by atoms with E-state index in [4.69, 9.17) is 0 Å². The zero-order valence-corrected chi connectivity index (χ0v) is 10.3. The summed E-state index contributed by atoms with van der Waals surface area (Å²) in [5, 5.41) is 6.10. The molecule has 2 aromatic heterocycles. The maximum atomic E-state index is 10.9. The molecule has 0 aromatic carbocycles. The number of aromatic nitrogens is 3. The molecule has 94 valence electrons. The van der Waals surface area contributed by atoms with Crippen molar-refractivity contribution in [3.8, 4) is 0 Å². The van der Waals surface area contributed by atoms with Gasteiger partial charge in [0, 0.05) is 18.5 Å². The van der Waals surface area contributed by atoms with Gasteiger partial charge < -0.3 is 15.6 Å². The van der Waals surface area contributed by atoms with Crippen molar-refractivity contribution in [2.45, 2.75) is 13.8 Å². The van der Waals surface area contributed by atoms with Crippen molar-refractivity contribution in [3.63, 3.8) is 0 Å². The highest BCUT2D eigenvalue weighted by Gasteiger charge is 2.03. The number of Topliss-reactive ketones (excluding diaryl/α,β-unsaturated/α-hetero) is 1. The topological polar surface area (TPSA) is 82.7 Å². The maximum absolute atomic E-state index is 10.9. The molecule has 2 rings (SSSR count). The fourth-order valence-electron chi connectivity index (χ4n) is 1.49. The number of ketones is 1. The Hall–Kier alpha value is -2.37. The average molecular weight is 245 g/mol. The average Bonchev–Trinajstić information content (AvgIpc) is 2.78. The number of carbonyl (C=O) groups excluding carboxylic acids is 1. The maximum Gasteiger partial charge on any atom is 0.148 e. The number of anilines is 3. The highest BCUT2D eigenvalue weighted by Crippen LogP contribution is 2.16. The Labute approximate surface area is 105 Å². The molecule has 0 unspecified atom stereocenters. The number of nitrogens with zero attached hydrogens (tertiary/aromatic N) is 2. The van der Waals surface area contributed by atoms with E-state index in [-0.39, 0.29) is 12.3 Å². The Morgan fingerprint density at radius 2 is 2.17 bits per heavy atom. The molecule has 0 saturated carbocycles. The first-order chi connectivity index (χ1) is 8.63. The third-order valence-electron chi connectivity index (χ3n) is 2.23. The van der Waals surface area contributed by atoms with Crippen LogP contribution in [-0.4, -0.2) is 27.3 Å². The van der Waals surface area contributed by atoms with E-state index in [1.807, 2.05) is 18.5 Å². The first-order valence-corrected chi connectivity index (χ1v) is 5.62. The summed E-state index contributed by atoms with van der Waals surface area (Å²) >= 11 is 0. The van der Waals surface area contributed by atoms with Crippen LogP contribution >= 0.6 is 0 Å². The van der Waals surface area contributed by atoms with Crippen LogP contribution in [-0.2, 0) is 4.79 Å². The number of nitrogens with one attached hydrogen (secondary N) is 3. The van der Waals surface area contributed by atoms with Crippen molar-refractivity contribution >= 4 is 23.1 Å². The van der Waals surface area contributed by atoms with E-state index in [0.717, 1.165) is 5.69 Å². The molecular formula is C12H15N5O. The number of hydrogen-bond acceptors (Lipinski definition) is 5. The molecule has 0 saturated heterocycles. The number of rotatable bonds is 5. The van der Waals surface area contributed by atoms with Crippen molar-refractivity contribution in [1.29, 1.82) is 0 Å². The predicted molar refractivity (Wildman–Crippen MR) is 70.0 cm³/mol. The molecule has 3 N–H and O–H groups in total. The van der Waals surface area contributed by atoms with Crippen LogP contribution in [0.25, 0.3) is 0 Å². The monoisotopic (exact) mass is 245 g/mol. The predicted octanol–water partition coefficient (Wildman–Crippen LogP) is 1.86. The Kier molecular flexibility index (Phi) is 3.57. The molecule has 18 heavy (non-hydrogen) atoms. The zero-order chi connectivity index (χ0) is 13.0. The molecule has 2 aromatic rings. The van der Waals surface area contributed by atoms with Gasteiger partial charge in [-0.05, 0) is 19.9 Å². The molecular weight excluding hydrogens is 230 g/mol. The van der Waals surface area contributed by atoms with Gasteiger partial charge in [-0.2, -0.15) is 0 Å². The summed E-state index contributed by atoms with van der Waals surface area (Å²) in [5.41, 5.74) is 0.922. The number of carbonyl (C=O) groups is 1. The Morgan fingerprint density at radius 1 is 1.39 bits per heavy atom. The summed E-state index contributed by atoms with van der Waals surface area (Å²) < 4.78 is 0. The molecule has 0 aliphatic heterocycles. The van der Waals surface area contributed by atoms with Crippen LogP contribution < -0.4 is 10.6 Å². The van der Waals surface area contributed by atoms with Gasteiger partial charge in [0.15, 0.2) is 0 Å². The van der Waals surface area contributed by atoms with E-state index in [9.17, 15) is 4.79 Å². The van der Waals surface area contributed by atoms with Crippen LogP contribution in [0.15, 0.2) is 24.5 Å². The van der Waals surface area contributed by atoms with Gasteiger partial charge in [-0.15, -0.1) is 0 Å². The lowest BCUT2D eigenvalue weighted by Gasteiger charge is -2.08. The molecule has 0 aliphatic rings. The van der Waals surface area contributed by atoms with E-state index in [2.05, 4.69) is 25.6 Å². The highest BCUT2D eigenvalue weighted by molar-refractivity contribution is 5.80.